The number of halogens is 2. The van der Waals surface area contributed by atoms with E-state index in [2.05, 4.69) is 12.6 Å². The summed E-state index contributed by atoms with van der Waals surface area (Å²) in [5.41, 5.74) is 0. The molecule has 1 aliphatic rings. The first kappa shape index (κ1) is 7.28. The predicted octanol–water partition coefficient (Wildman–Crippen LogP) is 1.21. The third-order valence-electron chi connectivity index (χ3n) is 1.47. The van der Waals surface area contributed by atoms with Crippen molar-refractivity contribution in [2.24, 2.45) is 0 Å². The fourth-order valence-corrected chi connectivity index (χ4v) is 1.31. The summed E-state index contributed by atoms with van der Waals surface area (Å²) in [6.45, 7) is -0.152. The molecule has 1 aliphatic heterocycles. The second-order valence-electron chi connectivity index (χ2n) is 2.46. The van der Waals surface area contributed by atoms with E-state index in [1.807, 2.05) is 0 Å². The zero-order valence-corrected chi connectivity index (χ0v) is 6.04. The molecule has 1 nitrogen and oxygen atoms in total. The average molecular weight is 153 g/mol. The van der Waals surface area contributed by atoms with Gasteiger partial charge in [0.15, 0.2) is 0 Å². The molecule has 0 aromatic rings. The number of nitrogens with zero attached hydrogens (tertiary/aromatic N) is 1. The lowest BCUT2D eigenvalue weighted by Gasteiger charge is -2.10. The average Bonchev–Trinajstić information content (AvgIpc) is 1.79. The molecule has 0 amide bonds. The molecular formula is C5H9F2NS. The fraction of sp³-hybridized carbons (Fsp3) is 1.00. The Kier molecular flexibility index (Phi) is 1.69. The highest BCUT2D eigenvalue weighted by Gasteiger charge is 2.41. The van der Waals surface area contributed by atoms with Crippen LogP contribution in [0, 0.1) is 0 Å². The quantitative estimate of drug-likeness (QED) is 0.512. The third-order valence-corrected chi connectivity index (χ3v) is 2.05. The largest absolute Gasteiger partial charge is 0.289 e. The molecule has 1 rings (SSSR count). The van der Waals surface area contributed by atoms with E-state index in [4.69, 9.17) is 0 Å². The highest BCUT2D eigenvalue weighted by molar-refractivity contribution is 7.80. The molecule has 0 radical (unpaired) electrons. The van der Waals surface area contributed by atoms with Gasteiger partial charge in [-0.3, -0.25) is 4.90 Å². The van der Waals surface area contributed by atoms with Gasteiger partial charge in [-0.25, -0.2) is 8.78 Å². The Morgan fingerprint density at radius 3 is 2.33 bits per heavy atom. The van der Waals surface area contributed by atoms with Crippen molar-refractivity contribution in [3.63, 3.8) is 0 Å². The van der Waals surface area contributed by atoms with Crippen molar-refractivity contribution < 1.29 is 8.78 Å². The highest BCUT2D eigenvalue weighted by Crippen LogP contribution is 2.31. The standard InChI is InChI=1S/C5H9F2NS/c1-8-3-5(6,7)2-4(8)9/h4,9H,2-3H2,1H3. The van der Waals surface area contributed by atoms with Crippen LogP contribution in [0.4, 0.5) is 8.78 Å². The maximum atomic E-state index is 12.4. The zero-order chi connectivity index (χ0) is 7.07. The van der Waals surface area contributed by atoms with Crippen LogP contribution in [-0.4, -0.2) is 29.8 Å². The summed E-state index contributed by atoms with van der Waals surface area (Å²) in [5.74, 6) is -2.51. The van der Waals surface area contributed by atoms with E-state index in [1.165, 1.54) is 0 Å². The summed E-state index contributed by atoms with van der Waals surface area (Å²) >= 11 is 3.95. The summed E-state index contributed by atoms with van der Waals surface area (Å²) < 4.78 is 24.7. The van der Waals surface area contributed by atoms with E-state index in [0.717, 1.165) is 0 Å². The Labute approximate surface area is 58.4 Å². The second-order valence-corrected chi connectivity index (χ2v) is 3.05. The summed E-state index contributed by atoms with van der Waals surface area (Å²) in [7, 11) is 1.65. The van der Waals surface area contributed by atoms with Crippen molar-refractivity contribution in [3.8, 4) is 0 Å². The van der Waals surface area contributed by atoms with Gasteiger partial charge in [-0.1, -0.05) is 0 Å². The monoisotopic (exact) mass is 153 g/mol. The molecule has 9 heavy (non-hydrogen) atoms. The van der Waals surface area contributed by atoms with Gasteiger partial charge in [0.1, 0.15) is 0 Å². The summed E-state index contributed by atoms with van der Waals surface area (Å²) in [6.07, 6.45) is -0.118. The number of rotatable bonds is 0. The molecule has 0 saturated carbocycles. The van der Waals surface area contributed by atoms with Gasteiger partial charge in [-0.2, -0.15) is 12.6 Å². The smallest absolute Gasteiger partial charge is 0.262 e. The van der Waals surface area contributed by atoms with Crippen molar-refractivity contribution in [3.05, 3.63) is 0 Å². The molecule has 1 fully saturated rings. The molecule has 0 bridgehead atoms. The molecule has 54 valence electrons. The van der Waals surface area contributed by atoms with Crippen LogP contribution in [0.15, 0.2) is 0 Å². The Bertz CT molecular complexity index is 106. The van der Waals surface area contributed by atoms with Crippen molar-refractivity contribution in [1.29, 1.82) is 0 Å². The van der Waals surface area contributed by atoms with E-state index < -0.39 is 5.92 Å². The number of thiol groups is 1. The molecule has 0 aromatic heterocycles. The number of hydrogen-bond donors (Lipinski definition) is 1. The van der Waals surface area contributed by atoms with Gasteiger partial charge in [0.2, 0.25) is 0 Å². The first-order valence-corrected chi connectivity index (χ1v) is 3.29. The summed E-state index contributed by atoms with van der Waals surface area (Å²) in [5, 5.41) is -0.264. The minimum atomic E-state index is -2.51. The Hall–Kier alpha value is 0.170. The second kappa shape index (κ2) is 2.09. The first-order valence-electron chi connectivity index (χ1n) is 2.77. The molecule has 1 heterocycles. The van der Waals surface area contributed by atoms with E-state index >= 15 is 0 Å². The molecule has 0 spiro atoms. The third kappa shape index (κ3) is 1.55. The van der Waals surface area contributed by atoms with E-state index in [1.54, 1.807) is 11.9 Å². The molecule has 1 saturated heterocycles. The van der Waals surface area contributed by atoms with Gasteiger partial charge in [0.25, 0.3) is 5.92 Å². The number of alkyl halides is 2. The molecule has 4 heteroatoms. The molecular weight excluding hydrogens is 144 g/mol. The van der Waals surface area contributed by atoms with Crippen LogP contribution in [0.25, 0.3) is 0 Å². The van der Waals surface area contributed by atoms with Crippen molar-refractivity contribution >= 4 is 12.6 Å². The molecule has 0 aromatic carbocycles. The minimum absolute atomic E-state index is 0.118. The van der Waals surface area contributed by atoms with Crippen molar-refractivity contribution in [2.75, 3.05) is 13.6 Å². The van der Waals surface area contributed by atoms with Crippen molar-refractivity contribution in [1.82, 2.24) is 4.90 Å². The molecule has 0 N–H and O–H groups in total. The number of hydrogen-bond acceptors (Lipinski definition) is 2. The van der Waals surface area contributed by atoms with E-state index in [-0.39, 0.29) is 18.3 Å². The SMILES string of the molecule is CN1CC(F)(F)CC1S. The van der Waals surface area contributed by atoms with Crippen LogP contribution in [0.5, 0.6) is 0 Å². The summed E-state index contributed by atoms with van der Waals surface area (Å²) in [4.78, 5) is 1.54. The lowest BCUT2D eigenvalue weighted by Crippen LogP contribution is -2.23. The van der Waals surface area contributed by atoms with E-state index in [0.29, 0.717) is 0 Å². The van der Waals surface area contributed by atoms with Crippen LogP contribution in [0.2, 0.25) is 0 Å². The lowest BCUT2D eigenvalue weighted by atomic mass is 10.3. The maximum absolute atomic E-state index is 12.4. The Morgan fingerprint density at radius 2 is 2.22 bits per heavy atom. The summed E-state index contributed by atoms with van der Waals surface area (Å²) in [6, 6.07) is 0. The van der Waals surface area contributed by atoms with Crippen LogP contribution in [0.3, 0.4) is 0 Å². The number of likely N-dealkylation sites (tertiary alicyclic amines) is 1. The maximum Gasteiger partial charge on any atom is 0.262 e. The van der Waals surface area contributed by atoms with Gasteiger partial charge < -0.3 is 0 Å². The van der Waals surface area contributed by atoms with Gasteiger partial charge in [0.05, 0.1) is 11.9 Å². The fourth-order valence-electron chi connectivity index (χ4n) is 0.958. The Balaban J connectivity index is 2.54. The minimum Gasteiger partial charge on any atom is -0.289 e. The Morgan fingerprint density at radius 1 is 1.67 bits per heavy atom. The van der Waals surface area contributed by atoms with Crippen LogP contribution in [-0.2, 0) is 0 Å². The predicted molar refractivity (Wildman–Crippen MR) is 35.0 cm³/mol. The van der Waals surface area contributed by atoms with E-state index in [9.17, 15) is 8.78 Å². The van der Waals surface area contributed by atoms with Gasteiger partial charge in [0, 0.05) is 6.42 Å². The topological polar surface area (TPSA) is 3.24 Å². The molecule has 0 aliphatic carbocycles. The van der Waals surface area contributed by atoms with Crippen LogP contribution in [0.1, 0.15) is 6.42 Å². The van der Waals surface area contributed by atoms with Crippen LogP contribution < -0.4 is 0 Å². The zero-order valence-electron chi connectivity index (χ0n) is 5.14. The lowest BCUT2D eigenvalue weighted by molar-refractivity contribution is 0.0144. The van der Waals surface area contributed by atoms with Gasteiger partial charge in [-0.05, 0) is 7.05 Å². The first-order chi connectivity index (χ1) is 4.01. The molecule has 1 unspecified atom stereocenters. The highest BCUT2D eigenvalue weighted by atomic mass is 32.1. The van der Waals surface area contributed by atoms with Crippen LogP contribution >= 0.6 is 12.6 Å². The van der Waals surface area contributed by atoms with Gasteiger partial charge in [-0.15, -0.1) is 0 Å². The molecule has 1 atom stereocenters. The van der Waals surface area contributed by atoms with Gasteiger partial charge >= 0.3 is 0 Å². The van der Waals surface area contributed by atoms with Crippen molar-refractivity contribution in [2.45, 2.75) is 17.7 Å². The normalized spacial score (nSPS) is 35.3.